The Morgan fingerprint density at radius 1 is 1.44 bits per heavy atom. The van der Waals surface area contributed by atoms with E-state index in [0.717, 1.165) is 17.8 Å². The van der Waals surface area contributed by atoms with Gasteiger partial charge < -0.3 is 0 Å². The molecule has 0 aliphatic heterocycles. The minimum Gasteiger partial charge on any atom is -0.298 e. The summed E-state index contributed by atoms with van der Waals surface area (Å²) in [5.74, 6) is -0.503. The number of hydrogen-bond acceptors (Lipinski definition) is 2. The highest BCUT2D eigenvalue weighted by molar-refractivity contribution is 5.77. The molecule has 2 aromatic rings. The normalized spacial score (nSPS) is 10.4. The molecule has 0 bridgehead atoms. The van der Waals surface area contributed by atoms with Crippen LogP contribution in [-0.4, -0.2) is 16.1 Å². The van der Waals surface area contributed by atoms with Crippen LogP contribution in [0.4, 0.5) is 4.39 Å². The number of benzene rings is 1. The number of nitrogens with zero attached hydrogens (tertiary/aromatic N) is 2. The lowest BCUT2D eigenvalue weighted by Crippen LogP contribution is -1.99. The molecule has 1 aromatic carbocycles. The van der Waals surface area contributed by atoms with Crippen LogP contribution in [0.3, 0.4) is 0 Å². The molecule has 0 amide bonds. The van der Waals surface area contributed by atoms with E-state index in [9.17, 15) is 9.18 Å². The molecule has 82 valence electrons. The van der Waals surface area contributed by atoms with Gasteiger partial charge in [0.25, 0.3) is 0 Å². The molecule has 1 heterocycles. The van der Waals surface area contributed by atoms with Gasteiger partial charge in [0.15, 0.2) is 6.29 Å². The maximum absolute atomic E-state index is 13.4. The van der Waals surface area contributed by atoms with Gasteiger partial charge >= 0.3 is 0 Å². The van der Waals surface area contributed by atoms with Gasteiger partial charge in [0.2, 0.25) is 0 Å². The molecular formula is C12H11FN2O. The highest BCUT2D eigenvalue weighted by atomic mass is 19.1. The summed E-state index contributed by atoms with van der Waals surface area (Å²) in [5, 5.41) is 4.11. The van der Waals surface area contributed by atoms with Crippen molar-refractivity contribution in [1.82, 2.24) is 9.78 Å². The Morgan fingerprint density at radius 3 is 2.88 bits per heavy atom. The van der Waals surface area contributed by atoms with Crippen molar-refractivity contribution in [3.63, 3.8) is 0 Å². The summed E-state index contributed by atoms with van der Waals surface area (Å²) in [4.78, 5) is 10.5. The fourth-order valence-corrected chi connectivity index (χ4v) is 1.61. The van der Waals surface area contributed by atoms with E-state index in [0.29, 0.717) is 6.29 Å². The van der Waals surface area contributed by atoms with Gasteiger partial charge in [-0.25, -0.2) is 4.39 Å². The van der Waals surface area contributed by atoms with Crippen molar-refractivity contribution in [3.8, 4) is 11.3 Å². The molecule has 0 saturated carbocycles. The number of aromatic nitrogens is 2. The van der Waals surface area contributed by atoms with Gasteiger partial charge in [-0.2, -0.15) is 5.10 Å². The van der Waals surface area contributed by atoms with Crippen molar-refractivity contribution in [2.45, 2.75) is 13.5 Å². The Morgan fingerprint density at radius 2 is 2.25 bits per heavy atom. The minimum absolute atomic E-state index is 0.0753. The largest absolute Gasteiger partial charge is 0.298 e. The summed E-state index contributed by atoms with van der Waals surface area (Å²) in [6, 6.07) is 6.37. The Hall–Kier alpha value is -1.97. The lowest BCUT2D eigenvalue weighted by atomic mass is 10.1. The van der Waals surface area contributed by atoms with Gasteiger partial charge in [0.1, 0.15) is 5.82 Å². The Bertz CT molecular complexity index is 519. The molecule has 0 radical (unpaired) electrons. The number of aldehydes is 1. The van der Waals surface area contributed by atoms with E-state index in [-0.39, 0.29) is 5.56 Å². The van der Waals surface area contributed by atoms with E-state index in [2.05, 4.69) is 5.10 Å². The molecule has 0 fully saturated rings. The number of carbonyl (C=O) groups is 1. The van der Waals surface area contributed by atoms with Crippen LogP contribution in [0.1, 0.15) is 17.3 Å². The van der Waals surface area contributed by atoms with Gasteiger partial charge in [-0.3, -0.25) is 9.48 Å². The van der Waals surface area contributed by atoms with E-state index in [4.69, 9.17) is 0 Å². The zero-order valence-electron chi connectivity index (χ0n) is 8.85. The highest BCUT2D eigenvalue weighted by Crippen LogP contribution is 2.21. The molecular weight excluding hydrogens is 207 g/mol. The topological polar surface area (TPSA) is 34.9 Å². The summed E-state index contributed by atoms with van der Waals surface area (Å²) in [6.07, 6.45) is 2.18. The van der Waals surface area contributed by atoms with E-state index < -0.39 is 5.82 Å². The van der Waals surface area contributed by atoms with Crippen LogP contribution in [0.5, 0.6) is 0 Å². The first-order chi connectivity index (χ1) is 7.76. The number of hydrogen-bond donors (Lipinski definition) is 0. The molecule has 4 heteroatoms. The van der Waals surface area contributed by atoms with Crippen LogP contribution in [-0.2, 0) is 6.54 Å². The third-order valence-corrected chi connectivity index (χ3v) is 2.44. The first-order valence-electron chi connectivity index (χ1n) is 5.03. The van der Waals surface area contributed by atoms with E-state index >= 15 is 0 Å². The second kappa shape index (κ2) is 4.26. The van der Waals surface area contributed by atoms with Crippen molar-refractivity contribution in [2.24, 2.45) is 0 Å². The number of halogens is 1. The molecule has 16 heavy (non-hydrogen) atoms. The van der Waals surface area contributed by atoms with E-state index in [1.165, 1.54) is 12.1 Å². The highest BCUT2D eigenvalue weighted by Gasteiger charge is 2.07. The standard InChI is InChI=1S/C12H11FN2O/c1-2-15-12(5-6-14-15)9-3-4-10(8-16)11(13)7-9/h3-8H,2H2,1H3. The summed E-state index contributed by atoms with van der Waals surface area (Å²) >= 11 is 0. The molecule has 2 rings (SSSR count). The van der Waals surface area contributed by atoms with E-state index in [1.54, 1.807) is 16.9 Å². The predicted molar refractivity (Wildman–Crippen MR) is 58.7 cm³/mol. The smallest absolute Gasteiger partial charge is 0.152 e. The quantitative estimate of drug-likeness (QED) is 0.742. The van der Waals surface area contributed by atoms with Crippen LogP contribution in [0.15, 0.2) is 30.5 Å². The molecule has 0 N–H and O–H groups in total. The molecule has 0 aliphatic rings. The van der Waals surface area contributed by atoms with Crippen molar-refractivity contribution >= 4 is 6.29 Å². The van der Waals surface area contributed by atoms with Crippen LogP contribution < -0.4 is 0 Å². The van der Waals surface area contributed by atoms with Gasteiger partial charge in [0, 0.05) is 18.3 Å². The first-order valence-corrected chi connectivity index (χ1v) is 5.03. The van der Waals surface area contributed by atoms with Gasteiger partial charge in [-0.15, -0.1) is 0 Å². The SMILES string of the molecule is CCn1nccc1-c1ccc(C=O)c(F)c1. The van der Waals surface area contributed by atoms with Crippen molar-refractivity contribution in [2.75, 3.05) is 0 Å². The van der Waals surface area contributed by atoms with Crippen molar-refractivity contribution < 1.29 is 9.18 Å². The lowest BCUT2D eigenvalue weighted by Gasteiger charge is -2.05. The Kier molecular flexibility index (Phi) is 2.81. The van der Waals surface area contributed by atoms with Crippen molar-refractivity contribution in [1.29, 1.82) is 0 Å². The third-order valence-electron chi connectivity index (χ3n) is 2.44. The average Bonchev–Trinajstić information content (AvgIpc) is 2.77. The van der Waals surface area contributed by atoms with Gasteiger partial charge in [-0.05, 0) is 25.1 Å². The molecule has 0 atom stereocenters. The van der Waals surface area contributed by atoms with Gasteiger partial charge in [-0.1, -0.05) is 6.07 Å². The average molecular weight is 218 g/mol. The number of carbonyl (C=O) groups excluding carboxylic acids is 1. The second-order valence-corrected chi connectivity index (χ2v) is 3.39. The summed E-state index contributed by atoms with van der Waals surface area (Å²) in [7, 11) is 0. The Labute approximate surface area is 92.5 Å². The number of aryl methyl sites for hydroxylation is 1. The first kappa shape index (κ1) is 10.5. The summed E-state index contributed by atoms with van der Waals surface area (Å²) in [5.41, 5.74) is 1.65. The predicted octanol–water partition coefficient (Wildman–Crippen LogP) is 2.52. The maximum atomic E-state index is 13.4. The Balaban J connectivity index is 2.49. The van der Waals surface area contributed by atoms with Crippen molar-refractivity contribution in [3.05, 3.63) is 41.8 Å². The molecule has 1 aromatic heterocycles. The second-order valence-electron chi connectivity index (χ2n) is 3.39. The molecule has 3 nitrogen and oxygen atoms in total. The minimum atomic E-state index is -0.503. The fourth-order valence-electron chi connectivity index (χ4n) is 1.61. The molecule has 0 spiro atoms. The fraction of sp³-hybridized carbons (Fsp3) is 0.167. The lowest BCUT2D eigenvalue weighted by molar-refractivity contribution is 0.112. The number of rotatable bonds is 3. The van der Waals surface area contributed by atoms with Crippen LogP contribution >= 0.6 is 0 Å². The molecule has 0 aliphatic carbocycles. The molecule has 0 saturated heterocycles. The summed E-state index contributed by atoms with van der Waals surface area (Å²) < 4.78 is 15.2. The van der Waals surface area contributed by atoms with Crippen LogP contribution in [0.2, 0.25) is 0 Å². The zero-order chi connectivity index (χ0) is 11.5. The maximum Gasteiger partial charge on any atom is 0.152 e. The van der Waals surface area contributed by atoms with E-state index in [1.807, 2.05) is 13.0 Å². The third kappa shape index (κ3) is 1.74. The summed E-state index contributed by atoms with van der Waals surface area (Å²) in [6.45, 7) is 2.69. The van der Waals surface area contributed by atoms with Crippen LogP contribution in [0, 0.1) is 5.82 Å². The monoisotopic (exact) mass is 218 g/mol. The zero-order valence-corrected chi connectivity index (χ0v) is 8.85. The van der Waals surface area contributed by atoms with Crippen LogP contribution in [0.25, 0.3) is 11.3 Å². The molecule has 0 unspecified atom stereocenters. The van der Waals surface area contributed by atoms with Gasteiger partial charge in [0.05, 0.1) is 11.3 Å².